The summed E-state index contributed by atoms with van der Waals surface area (Å²) >= 11 is 0.0287. The summed E-state index contributed by atoms with van der Waals surface area (Å²) in [7, 11) is -3.98. The summed E-state index contributed by atoms with van der Waals surface area (Å²) < 4.78 is 34.3. The van der Waals surface area contributed by atoms with E-state index in [4.69, 9.17) is 0 Å². The third kappa shape index (κ3) is 7.01. The molecule has 0 aliphatic heterocycles. The van der Waals surface area contributed by atoms with E-state index >= 15 is 0 Å². The van der Waals surface area contributed by atoms with Gasteiger partial charge in [0.15, 0.2) is 7.14 Å². The molecule has 0 amide bonds. The van der Waals surface area contributed by atoms with E-state index in [1.807, 2.05) is 0 Å². The summed E-state index contributed by atoms with van der Waals surface area (Å²) in [6.07, 6.45) is 4.02. The van der Waals surface area contributed by atoms with Gasteiger partial charge in [-0.25, -0.2) is 8.42 Å². The van der Waals surface area contributed by atoms with Gasteiger partial charge in [-0.05, 0) is 37.1 Å². The Labute approximate surface area is 149 Å². The van der Waals surface area contributed by atoms with Gasteiger partial charge < -0.3 is 4.55 Å². The lowest BCUT2D eigenvalue weighted by atomic mass is 10.0. The Morgan fingerprint density at radius 1 is 0.783 bits per heavy atom. The Balaban J connectivity index is 0.000000174. The fourth-order valence-electron chi connectivity index (χ4n) is 2.44. The summed E-state index contributed by atoms with van der Waals surface area (Å²) in [6, 6.07) is 21.4. The summed E-state index contributed by atoms with van der Waals surface area (Å²) in [5.74, 6) is 0. The molecule has 1 aliphatic rings. The molecule has 0 bridgehead atoms. The van der Waals surface area contributed by atoms with E-state index in [0.29, 0.717) is 12.8 Å². The topological polar surface area (TPSA) is 57.2 Å². The van der Waals surface area contributed by atoms with Gasteiger partial charge in [-0.15, -0.1) is 0 Å². The first-order valence-electron chi connectivity index (χ1n) is 7.75. The van der Waals surface area contributed by atoms with Crippen molar-refractivity contribution in [2.24, 2.45) is 0 Å². The zero-order valence-electron chi connectivity index (χ0n) is 12.9. The van der Waals surface area contributed by atoms with E-state index in [0.717, 1.165) is 19.3 Å². The molecular weight excluding hydrogens is 423 g/mol. The van der Waals surface area contributed by atoms with E-state index in [2.05, 4.69) is 60.7 Å². The Morgan fingerprint density at radius 2 is 1.22 bits per heavy atom. The molecule has 0 saturated heterocycles. The number of hydrogen-bond acceptors (Lipinski definition) is 3. The molecule has 3 nitrogen and oxygen atoms in total. The van der Waals surface area contributed by atoms with Crippen molar-refractivity contribution < 1.29 is 34.2 Å². The van der Waals surface area contributed by atoms with Crippen LogP contribution < -0.4 is 21.2 Å². The van der Waals surface area contributed by atoms with Crippen molar-refractivity contribution >= 4 is 10.1 Å². The summed E-state index contributed by atoms with van der Waals surface area (Å²) in [6.45, 7) is 0. The van der Waals surface area contributed by atoms with Crippen molar-refractivity contribution in [2.75, 3.05) is 0 Å². The van der Waals surface area contributed by atoms with Gasteiger partial charge >= 0.3 is 21.2 Å². The second-order valence-corrected chi connectivity index (χ2v) is 10.1. The number of rotatable bonds is 3. The lowest BCUT2D eigenvalue weighted by Crippen LogP contribution is -3.61. The maximum absolute atomic E-state index is 10.4. The van der Waals surface area contributed by atoms with Gasteiger partial charge in [0.25, 0.3) is 0 Å². The van der Waals surface area contributed by atoms with Crippen LogP contribution in [0.2, 0.25) is 0 Å². The summed E-state index contributed by atoms with van der Waals surface area (Å²) in [4.78, 5) is 0. The molecule has 3 rings (SSSR count). The monoisotopic (exact) mass is 444 g/mol. The van der Waals surface area contributed by atoms with Crippen LogP contribution in [-0.2, 0) is 10.1 Å². The average Bonchev–Trinajstić information content (AvgIpc) is 2.57. The normalized spacial score (nSPS) is 15.5. The van der Waals surface area contributed by atoms with Crippen LogP contribution in [0.5, 0.6) is 0 Å². The second-order valence-electron chi connectivity index (χ2n) is 5.44. The minimum absolute atomic E-state index is 0.0287. The molecule has 124 valence electrons. The van der Waals surface area contributed by atoms with Gasteiger partial charge in [0, 0.05) is 5.25 Å². The Morgan fingerprint density at radius 3 is 1.57 bits per heavy atom. The highest BCUT2D eigenvalue weighted by Crippen LogP contribution is 2.22. The zero-order valence-corrected chi connectivity index (χ0v) is 15.9. The van der Waals surface area contributed by atoms with Gasteiger partial charge in [-0.1, -0.05) is 55.7 Å². The molecule has 1 saturated carbocycles. The third-order valence-corrected chi connectivity index (χ3v) is 7.62. The molecular formula is C18H21IO3S. The standard InChI is InChI=1S/C12H10I.C6H12O3S/c1-3-7-11(8-4-1)13-12-9-5-2-6-10-12;7-10(8,9)6-4-2-1-3-5-6/h1-10H;6H,1-5H2,(H,7,8,9)/q+1;/p-1. The summed E-state index contributed by atoms with van der Waals surface area (Å²) in [5, 5.41) is -0.582. The maximum atomic E-state index is 10.4. The first-order chi connectivity index (χ1) is 11.1. The molecule has 23 heavy (non-hydrogen) atoms. The molecule has 0 heterocycles. The van der Waals surface area contributed by atoms with Crippen molar-refractivity contribution in [3.63, 3.8) is 0 Å². The summed E-state index contributed by atoms with van der Waals surface area (Å²) in [5.41, 5.74) is 0. The fourth-order valence-corrected chi connectivity index (χ4v) is 5.61. The second kappa shape index (κ2) is 9.39. The van der Waals surface area contributed by atoms with Gasteiger partial charge in [0.1, 0.15) is 0 Å². The van der Waals surface area contributed by atoms with Gasteiger partial charge in [0.05, 0.1) is 10.1 Å². The molecule has 0 aromatic heterocycles. The van der Waals surface area contributed by atoms with Crippen molar-refractivity contribution in [2.45, 2.75) is 37.4 Å². The Bertz CT molecular complexity index is 628. The van der Waals surface area contributed by atoms with Crippen LogP contribution in [0.1, 0.15) is 32.1 Å². The quantitative estimate of drug-likeness (QED) is 0.517. The average molecular weight is 444 g/mol. The highest BCUT2D eigenvalue weighted by molar-refractivity contribution is 7.86. The minimum atomic E-state index is -3.98. The Hall–Kier alpha value is -0.920. The van der Waals surface area contributed by atoms with Crippen LogP contribution >= 0.6 is 0 Å². The molecule has 0 N–H and O–H groups in total. The predicted molar refractivity (Wildman–Crippen MR) is 86.8 cm³/mol. The van der Waals surface area contributed by atoms with Crippen molar-refractivity contribution in [3.05, 3.63) is 67.8 Å². The molecule has 5 heteroatoms. The third-order valence-electron chi connectivity index (χ3n) is 3.64. The molecule has 1 fully saturated rings. The van der Waals surface area contributed by atoms with Crippen LogP contribution in [0.4, 0.5) is 0 Å². The molecule has 0 radical (unpaired) electrons. The highest BCUT2D eigenvalue weighted by atomic mass is 127. The minimum Gasteiger partial charge on any atom is -0.748 e. The number of hydrogen-bond donors (Lipinski definition) is 0. The van der Waals surface area contributed by atoms with Crippen molar-refractivity contribution in [1.82, 2.24) is 0 Å². The lowest BCUT2D eigenvalue weighted by Gasteiger charge is -2.23. The van der Waals surface area contributed by atoms with E-state index in [-0.39, 0.29) is 21.2 Å². The number of halogens is 1. The fraction of sp³-hybridized carbons (Fsp3) is 0.333. The largest absolute Gasteiger partial charge is 0.748 e. The predicted octanol–water partition coefficient (Wildman–Crippen LogP) is 0.679. The van der Waals surface area contributed by atoms with E-state index < -0.39 is 15.4 Å². The van der Waals surface area contributed by atoms with Gasteiger partial charge in [-0.2, -0.15) is 0 Å². The lowest BCUT2D eigenvalue weighted by molar-refractivity contribution is -0.597. The SMILES string of the molecule is O=S(=O)([O-])C1CCCCC1.c1ccc([I+]c2ccccc2)cc1. The molecule has 2 aromatic rings. The van der Waals surface area contributed by atoms with Gasteiger partial charge in [0.2, 0.25) is 0 Å². The van der Waals surface area contributed by atoms with E-state index in [1.165, 1.54) is 7.14 Å². The first kappa shape index (κ1) is 18.4. The Kier molecular flexibility index (Phi) is 7.52. The van der Waals surface area contributed by atoms with Crippen LogP contribution in [0.25, 0.3) is 0 Å². The van der Waals surface area contributed by atoms with Crippen molar-refractivity contribution in [3.8, 4) is 0 Å². The maximum Gasteiger partial charge on any atom is 0.357 e. The smallest absolute Gasteiger partial charge is 0.357 e. The highest BCUT2D eigenvalue weighted by Gasteiger charge is 2.18. The molecule has 1 aliphatic carbocycles. The van der Waals surface area contributed by atoms with Crippen LogP contribution in [0.15, 0.2) is 60.7 Å². The van der Waals surface area contributed by atoms with Crippen LogP contribution in [0, 0.1) is 7.14 Å². The first-order valence-corrected chi connectivity index (χ1v) is 11.4. The van der Waals surface area contributed by atoms with E-state index in [1.54, 1.807) is 0 Å². The molecule has 0 atom stereocenters. The van der Waals surface area contributed by atoms with Gasteiger partial charge in [-0.3, -0.25) is 0 Å². The van der Waals surface area contributed by atoms with Crippen LogP contribution in [-0.4, -0.2) is 18.2 Å². The van der Waals surface area contributed by atoms with E-state index in [9.17, 15) is 13.0 Å². The molecule has 2 aromatic carbocycles. The zero-order chi connectivity index (χ0) is 16.5. The molecule has 0 spiro atoms. The van der Waals surface area contributed by atoms with Crippen molar-refractivity contribution in [1.29, 1.82) is 0 Å². The van der Waals surface area contributed by atoms with Crippen LogP contribution in [0.3, 0.4) is 0 Å². The number of benzene rings is 2. The molecule has 0 unspecified atom stereocenters.